The van der Waals surface area contributed by atoms with Gasteiger partial charge in [0.2, 0.25) is 0 Å². The SMILES string of the molecule is Cc1ccc(-c2ccc(-c3ccccn3)nc2)nn1. The second kappa shape index (κ2) is 4.94. The minimum Gasteiger partial charge on any atom is -0.255 e. The molecule has 0 aliphatic carbocycles. The van der Waals surface area contributed by atoms with E-state index < -0.39 is 0 Å². The summed E-state index contributed by atoms with van der Waals surface area (Å²) in [6.07, 6.45) is 3.56. The standard InChI is InChI=1S/C15H12N4/c1-11-5-7-13(19-18-11)12-6-8-15(17-10-12)14-4-2-3-9-16-14/h2-10H,1H3. The summed E-state index contributed by atoms with van der Waals surface area (Å²) in [6, 6.07) is 13.6. The molecule has 3 rings (SSSR count). The molecule has 0 fully saturated rings. The average molecular weight is 248 g/mol. The first-order valence-electron chi connectivity index (χ1n) is 6.01. The first-order chi connectivity index (χ1) is 9.33. The fourth-order valence-corrected chi connectivity index (χ4v) is 1.76. The summed E-state index contributed by atoms with van der Waals surface area (Å²) in [5.74, 6) is 0. The summed E-state index contributed by atoms with van der Waals surface area (Å²) in [5, 5.41) is 8.19. The second-order valence-electron chi connectivity index (χ2n) is 4.21. The Hall–Kier alpha value is -2.62. The van der Waals surface area contributed by atoms with Crippen molar-refractivity contribution in [2.75, 3.05) is 0 Å². The molecule has 92 valence electrons. The van der Waals surface area contributed by atoms with E-state index in [2.05, 4.69) is 20.2 Å². The molecule has 0 saturated carbocycles. The first-order valence-corrected chi connectivity index (χ1v) is 6.01. The number of rotatable bonds is 2. The van der Waals surface area contributed by atoms with Crippen LogP contribution in [0.5, 0.6) is 0 Å². The monoisotopic (exact) mass is 248 g/mol. The lowest BCUT2D eigenvalue weighted by Crippen LogP contribution is -1.91. The van der Waals surface area contributed by atoms with Crippen LogP contribution in [0.3, 0.4) is 0 Å². The molecule has 0 atom stereocenters. The third kappa shape index (κ3) is 2.47. The minimum atomic E-state index is 0.825. The third-order valence-corrected chi connectivity index (χ3v) is 2.78. The molecule has 0 amide bonds. The Balaban J connectivity index is 1.93. The number of aryl methyl sites for hydroxylation is 1. The van der Waals surface area contributed by atoms with Crippen LogP contribution in [0.2, 0.25) is 0 Å². The summed E-state index contributed by atoms with van der Waals surface area (Å²) in [7, 11) is 0. The van der Waals surface area contributed by atoms with Crippen molar-refractivity contribution in [3.8, 4) is 22.6 Å². The Morgan fingerprint density at radius 1 is 0.737 bits per heavy atom. The first kappa shape index (κ1) is 11.5. The van der Waals surface area contributed by atoms with Crippen molar-refractivity contribution >= 4 is 0 Å². The predicted octanol–water partition coefficient (Wildman–Crippen LogP) is 2.91. The van der Waals surface area contributed by atoms with E-state index in [1.54, 1.807) is 12.4 Å². The highest BCUT2D eigenvalue weighted by molar-refractivity contribution is 5.62. The normalized spacial score (nSPS) is 10.4. The lowest BCUT2D eigenvalue weighted by molar-refractivity contribution is 0.986. The van der Waals surface area contributed by atoms with Crippen molar-refractivity contribution in [1.29, 1.82) is 0 Å². The van der Waals surface area contributed by atoms with E-state index in [0.717, 1.165) is 28.3 Å². The van der Waals surface area contributed by atoms with Crippen LogP contribution in [0.1, 0.15) is 5.69 Å². The molecule has 0 aliphatic rings. The summed E-state index contributed by atoms with van der Waals surface area (Å²) in [4.78, 5) is 8.69. The fourth-order valence-electron chi connectivity index (χ4n) is 1.76. The van der Waals surface area contributed by atoms with Gasteiger partial charge in [0.15, 0.2) is 0 Å². The van der Waals surface area contributed by atoms with Crippen molar-refractivity contribution in [2.24, 2.45) is 0 Å². The van der Waals surface area contributed by atoms with E-state index in [4.69, 9.17) is 0 Å². The van der Waals surface area contributed by atoms with E-state index >= 15 is 0 Å². The Bertz CT molecular complexity index is 661. The maximum Gasteiger partial charge on any atom is 0.0945 e. The molecule has 0 spiro atoms. The van der Waals surface area contributed by atoms with Gasteiger partial charge in [0.25, 0.3) is 0 Å². The minimum absolute atomic E-state index is 0.825. The second-order valence-corrected chi connectivity index (χ2v) is 4.21. The molecular formula is C15H12N4. The number of pyridine rings is 2. The highest BCUT2D eigenvalue weighted by Gasteiger charge is 2.03. The van der Waals surface area contributed by atoms with E-state index in [0.29, 0.717) is 0 Å². The van der Waals surface area contributed by atoms with Crippen LogP contribution in [-0.2, 0) is 0 Å². The Kier molecular flexibility index (Phi) is 2.98. The van der Waals surface area contributed by atoms with Crippen LogP contribution < -0.4 is 0 Å². The van der Waals surface area contributed by atoms with Crippen molar-refractivity contribution in [3.05, 3.63) is 60.6 Å². The number of hydrogen-bond donors (Lipinski definition) is 0. The van der Waals surface area contributed by atoms with Gasteiger partial charge in [-0.25, -0.2) is 0 Å². The zero-order valence-electron chi connectivity index (χ0n) is 10.5. The van der Waals surface area contributed by atoms with Crippen LogP contribution in [0.15, 0.2) is 54.9 Å². The smallest absolute Gasteiger partial charge is 0.0945 e. The Labute approximate surface area is 111 Å². The van der Waals surface area contributed by atoms with Crippen molar-refractivity contribution in [2.45, 2.75) is 6.92 Å². The maximum absolute atomic E-state index is 4.42. The van der Waals surface area contributed by atoms with Crippen LogP contribution in [-0.4, -0.2) is 20.2 Å². The third-order valence-electron chi connectivity index (χ3n) is 2.78. The molecule has 0 bridgehead atoms. The van der Waals surface area contributed by atoms with Gasteiger partial charge >= 0.3 is 0 Å². The van der Waals surface area contributed by atoms with Gasteiger partial charge in [-0.1, -0.05) is 6.07 Å². The van der Waals surface area contributed by atoms with Crippen LogP contribution in [0, 0.1) is 6.92 Å². The van der Waals surface area contributed by atoms with Crippen molar-refractivity contribution in [1.82, 2.24) is 20.2 Å². The highest BCUT2D eigenvalue weighted by atomic mass is 15.1. The lowest BCUT2D eigenvalue weighted by Gasteiger charge is -2.02. The van der Waals surface area contributed by atoms with Gasteiger partial charge in [0, 0.05) is 18.0 Å². The Morgan fingerprint density at radius 3 is 2.21 bits per heavy atom. The molecule has 3 aromatic heterocycles. The number of nitrogens with zero attached hydrogens (tertiary/aromatic N) is 4. The molecule has 0 N–H and O–H groups in total. The Morgan fingerprint density at radius 2 is 1.58 bits per heavy atom. The molecule has 4 heteroatoms. The van der Waals surface area contributed by atoms with E-state index in [9.17, 15) is 0 Å². The van der Waals surface area contributed by atoms with Gasteiger partial charge in [-0.2, -0.15) is 10.2 Å². The predicted molar refractivity (Wildman–Crippen MR) is 73.2 cm³/mol. The van der Waals surface area contributed by atoms with E-state index in [1.165, 1.54) is 0 Å². The summed E-state index contributed by atoms with van der Waals surface area (Å²) < 4.78 is 0. The summed E-state index contributed by atoms with van der Waals surface area (Å²) in [5.41, 5.74) is 4.40. The van der Waals surface area contributed by atoms with Crippen molar-refractivity contribution < 1.29 is 0 Å². The van der Waals surface area contributed by atoms with Gasteiger partial charge < -0.3 is 0 Å². The zero-order chi connectivity index (χ0) is 13.1. The van der Waals surface area contributed by atoms with Gasteiger partial charge in [-0.3, -0.25) is 9.97 Å². The molecule has 0 radical (unpaired) electrons. The molecular weight excluding hydrogens is 236 g/mol. The average Bonchev–Trinajstić information content (AvgIpc) is 2.49. The number of aromatic nitrogens is 4. The maximum atomic E-state index is 4.42. The van der Waals surface area contributed by atoms with Gasteiger partial charge in [-0.15, -0.1) is 0 Å². The van der Waals surface area contributed by atoms with Gasteiger partial charge in [0.1, 0.15) is 0 Å². The highest BCUT2D eigenvalue weighted by Crippen LogP contribution is 2.19. The van der Waals surface area contributed by atoms with Crippen LogP contribution in [0.4, 0.5) is 0 Å². The zero-order valence-corrected chi connectivity index (χ0v) is 10.5. The molecule has 3 aromatic rings. The van der Waals surface area contributed by atoms with Crippen LogP contribution >= 0.6 is 0 Å². The largest absolute Gasteiger partial charge is 0.255 e. The van der Waals surface area contributed by atoms with Gasteiger partial charge in [-0.05, 0) is 43.3 Å². The summed E-state index contributed by atoms with van der Waals surface area (Å²) >= 11 is 0. The van der Waals surface area contributed by atoms with Crippen LogP contribution in [0.25, 0.3) is 22.6 Å². The topological polar surface area (TPSA) is 51.6 Å². The lowest BCUT2D eigenvalue weighted by atomic mass is 10.1. The molecule has 0 unspecified atom stereocenters. The summed E-state index contributed by atoms with van der Waals surface area (Å²) in [6.45, 7) is 1.92. The molecule has 0 aromatic carbocycles. The molecule has 19 heavy (non-hydrogen) atoms. The van der Waals surface area contributed by atoms with E-state index in [1.807, 2.05) is 49.4 Å². The number of hydrogen-bond acceptors (Lipinski definition) is 4. The fraction of sp³-hybridized carbons (Fsp3) is 0.0667. The quantitative estimate of drug-likeness (QED) is 0.699. The molecule has 0 saturated heterocycles. The van der Waals surface area contributed by atoms with Gasteiger partial charge in [0.05, 0.1) is 22.8 Å². The van der Waals surface area contributed by atoms with E-state index in [-0.39, 0.29) is 0 Å². The molecule has 3 heterocycles. The molecule has 0 aliphatic heterocycles. The molecule has 4 nitrogen and oxygen atoms in total. The van der Waals surface area contributed by atoms with Crippen molar-refractivity contribution in [3.63, 3.8) is 0 Å².